The van der Waals surface area contributed by atoms with Gasteiger partial charge in [-0.3, -0.25) is 5.32 Å². The molecule has 2 amide bonds. The van der Waals surface area contributed by atoms with Crippen LogP contribution in [-0.4, -0.2) is 50.0 Å². The molecule has 0 atom stereocenters. The lowest BCUT2D eigenvalue weighted by molar-refractivity contribution is -0.183. The van der Waals surface area contributed by atoms with Crippen molar-refractivity contribution in [1.82, 2.24) is 19.7 Å². The molecule has 3 fully saturated rings. The van der Waals surface area contributed by atoms with Gasteiger partial charge in [-0.1, -0.05) is 12.8 Å². The van der Waals surface area contributed by atoms with Gasteiger partial charge >= 0.3 is 6.03 Å². The third-order valence-corrected chi connectivity index (χ3v) is 4.99. The Morgan fingerprint density at radius 1 is 1.30 bits per heavy atom. The highest BCUT2D eigenvalue weighted by atomic mass is 16.5. The Morgan fingerprint density at radius 3 is 2.74 bits per heavy atom. The quantitative estimate of drug-likeness (QED) is 0.909. The number of nitrogens with one attached hydrogen (secondary N) is 1. The number of rotatable bonds is 2. The first-order valence-corrected chi connectivity index (χ1v) is 8.62. The number of ether oxygens (including phenoxy) is 1. The molecule has 1 N–H and O–H groups in total. The van der Waals surface area contributed by atoms with Crippen molar-refractivity contribution in [3.63, 3.8) is 0 Å². The van der Waals surface area contributed by atoms with Gasteiger partial charge in [0.2, 0.25) is 5.95 Å². The van der Waals surface area contributed by atoms with Gasteiger partial charge < -0.3 is 9.64 Å². The largest absolute Gasteiger partial charge is 0.365 e. The standard InChI is InChI=1S/C16H25N5O2/c1-15(2)9-20(10-16(23-15)7-3-4-8-16)14(22)18-13-17-11-21(19-13)12-5-6-12/h11-12H,3-10H2,1-2H3,(H,18,19,22). The molecular formula is C16H25N5O2. The summed E-state index contributed by atoms with van der Waals surface area (Å²) in [7, 11) is 0. The monoisotopic (exact) mass is 319 g/mol. The highest BCUT2D eigenvalue weighted by Gasteiger charge is 2.47. The molecule has 2 aliphatic carbocycles. The van der Waals surface area contributed by atoms with Crippen molar-refractivity contribution in [3.05, 3.63) is 6.33 Å². The minimum absolute atomic E-state index is 0.124. The van der Waals surface area contributed by atoms with Gasteiger partial charge in [0, 0.05) is 0 Å². The normalized spacial score (nSPS) is 25.7. The number of nitrogens with zero attached hydrogens (tertiary/aromatic N) is 4. The van der Waals surface area contributed by atoms with E-state index >= 15 is 0 Å². The van der Waals surface area contributed by atoms with E-state index in [2.05, 4.69) is 29.2 Å². The van der Waals surface area contributed by atoms with E-state index in [0.29, 0.717) is 25.1 Å². The summed E-state index contributed by atoms with van der Waals surface area (Å²) in [6.45, 7) is 5.37. The molecule has 23 heavy (non-hydrogen) atoms. The second-order valence-corrected chi connectivity index (χ2v) is 7.82. The van der Waals surface area contributed by atoms with Gasteiger partial charge in [-0.05, 0) is 39.5 Å². The minimum atomic E-state index is -0.319. The van der Waals surface area contributed by atoms with Crippen LogP contribution in [-0.2, 0) is 4.74 Å². The van der Waals surface area contributed by atoms with Crippen LogP contribution in [0, 0.1) is 0 Å². The maximum Gasteiger partial charge on any atom is 0.324 e. The lowest BCUT2D eigenvalue weighted by Crippen LogP contribution is -2.60. The zero-order valence-electron chi connectivity index (χ0n) is 13.9. The fourth-order valence-corrected chi connectivity index (χ4v) is 3.96. The fraction of sp³-hybridized carbons (Fsp3) is 0.812. The summed E-state index contributed by atoms with van der Waals surface area (Å²) in [4.78, 5) is 18.7. The van der Waals surface area contributed by atoms with Crippen LogP contribution in [0.1, 0.15) is 58.4 Å². The van der Waals surface area contributed by atoms with Crippen LogP contribution in [0.5, 0.6) is 0 Å². The Labute approximate surface area is 136 Å². The summed E-state index contributed by atoms with van der Waals surface area (Å²) >= 11 is 0. The average Bonchev–Trinajstić information content (AvgIpc) is 3.08. The summed E-state index contributed by atoms with van der Waals surface area (Å²) in [5.74, 6) is 0.395. The lowest BCUT2D eigenvalue weighted by atomic mass is 9.94. The van der Waals surface area contributed by atoms with Crippen LogP contribution in [0.25, 0.3) is 0 Å². The third kappa shape index (κ3) is 3.06. The molecule has 1 aromatic heterocycles. The van der Waals surface area contributed by atoms with Crippen LogP contribution in [0.3, 0.4) is 0 Å². The van der Waals surface area contributed by atoms with Crippen LogP contribution < -0.4 is 5.32 Å². The van der Waals surface area contributed by atoms with Crippen molar-refractivity contribution in [2.24, 2.45) is 0 Å². The van der Waals surface area contributed by atoms with Crippen LogP contribution in [0.4, 0.5) is 10.7 Å². The predicted octanol–water partition coefficient (Wildman–Crippen LogP) is 2.57. The SMILES string of the molecule is CC1(C)CN(C(=O)Nc2ncn(C3CC3)n2)CC2(CCCC2)O1. The Hall–Kier alpha value is -1.63. The summed E-state index contributed by atoms with van der Waals surface area (Å²) in [6.07, 6.45) is 8.43. The van der Waals surface area contributed by atoms with Crippen molar-refractivity contribution >= 4 is 12.0 Å². The van der Waals surface area contributed by atoms with Crippen LogP contribution in [0.2, 0.25) is 0 Å². The van der Waals surface area contributed by atoms with Gasteiger partial charge in [0.05, 0.1) is 30.3 Å². The first-order valence-electron chi connectivity index (χ1n) is 8.62. The van der Waals surface area contributed by atoms with E-state index in [9.17, 15) is 4.79 Å². The molecular weight excluding hydrogens is 294 g/mol. The number of anilines is 1. The lowest BCUT2D eigenvalue weighted by Gasteiger charge is -2.48. The molecule has 7 heteroatoms. The van der Waals surface area contributed by atoms with Gasteiger partial charge in [0.15, 0.2) is 0 Å². The molecule has 1 spiro atoms. The summed E-state index contributed by atoms with van der Waals surface area (Å²) in [6, 6.07) is 0.346. The van der Waals surface area contributed by atoms with Crippen molar-refractivity contribution < 1.29 is 9.53 Å². The number of carbonyl (C=O) groups is 1. The van der Waals surface area contributed by atoms with E-state index in [-0.39, 0.29) is 17.2 Å². The topological polar surface area (TPSA) is 72.3 Å². The maximum absolute atomic E-state index is 12.7. The fourth-order valence-electron chi connectivity index (χ4n) is 3.96. The number of carbonyl (C=O) groups excluding carboxylic acids is 1. The molecule has 7 nitrogen and oxygen atoms in total. The molecule has 2 heterocycles. The third-order valence-electron chi connectivity index (χ3n) is 4.99. The number of amides is 2. The summed E-state index contributed by atoms with van der Waals surface area (Å²) < 4.78 is 8.18. The van der Waals surface area contributed by atoms with Gasteiger partial charge in [0.1, 0.15) is 6.33 Å². The van der Waals surface area contributed by atoms with E-state index < -0.39 is 0 Å². The van der Waals surface area contributed by atoms with Gasteiger partial charge in [-0.25, -0.2) is 14.5 Å². The van der Waals surface area contributed by atoms with Crippen molar-refractivity contribution in [1.29, 1.82) is 0 Å². The van der Waals surface area contributed by atoms with Gasteiger partial charge in [-0.2, -0.15) is 0 Å². The predicted molar refractivity (Wildman–Crippen MR) is 85.2 cm³/mol. The highest BCUT2D eigenvalue weighted by Crippen LogP contribution is 2.40. The second-order valence-electron chi connectivity index (χ2n) is 7.82. The molecule has 1 saturated heterocycles. The molecule has 4 rings (SSSR count). The van der Waals surface area contributed by atoms with Crippen molar-refractivity contribution in [2.45, 2.75) is 69.6 Å². The molecule has 1 aliphatic heterocycles. The Kier molecular flexibility index (Phi) is 3.37. The molecule has 0 unspecified atom stereocenters. The van der Waals surface area contributed by atoms with Crippen LogP contribution in [0.15, 0.2) is 6.33 Å². The number of morpholine rings is 1. The first-order chi connectivity index (χ1) is 10.9. The van der Waals surface area contributed by atoms with Crippen molar-refractivity contribution in [3.8, 4) is 0 Å². The molecule has 0 bridgehead atoms. The van der Waals surface area contributed by atoms with Crippen LogP contribution >= 0.6 is 0 Å². The zero-order chi connectivity index (χ0) is 16.1. The second kappa shape index (κ2) is 5.19. The molecule has 1 aromatic rings. The average molecular weight is 319 g/mol. The van der Waals surface area contributed by atoms with E-state index in [1.165, 1.54) is 12.8 Å². The minimum Gasteiger partial charge on any atom is -0.365 e. The molecule has 0 radical (unpaired) electrons. The number of hydrogen-bond donors (Lipinski definition) is 1. The first kappa shape index (κ1) is 14.9. The number of hydrogen-bond acceptors (Lipinski definition) is 4. The van der Waals surface area contributed by atoms with Crippen molar-refractivity contribution in [2.75, 3.05) is 18.4 Å². The number of aromatic nitrogens is 3. The maximum atomic E-state index is 12.7. The van der Waals surface area contributed by atoms with E-state index in [1.54, 1.807) is 6.33 Å². The Bertz CT molecular complexity index is 601. The summed E-state index contributed by atoms with van der Waals surface area (Å²) in [5.41, 5.74) is -0.485. The Balaban J connectivity index is 1.45. The number of urea groups is 1. The van der Waals surface area contributed by atoms with E-state index in [4.69, 9.17) is 4.74 Å². The van der Waals surface area contributed by atoms with E-state index in [0.717, 1.165) is 25.7 Å². The Morgan fingerprint density at radius 2 is 2.04 bits per heavy atom. The summed E-state index contributed by atoms with van der Waals surface area (Å²) in [5, 5.41) is 7.20. The highest BCUT2D eigenvalue weighted by molar-refractivity contribution is 5.87. The molecule has 2 saturated carbocycles. The van der Waals surface area contributed by atoms with Gasteiger partial charge in [0.25, 0.3) is 0 Å². The molecule has 3 aliphatic rings. The van der Waals surface area contributed by atoms with E-state index in [1.807, 2.05) is 9.58 Å². The zero-order valence-corrected chi connectivity index (χ0v) is 13.9. The smallest absolute Gasteiger partial charge is 0.324 e. The molecule has 126 valence electrons. The van der Waals surface area contributed by atoms with Gasteiger partial charge in [-0.15, -0.1) is 5.10 Å². The molecule has 0 aromatic carbocycles.